The van der Waals surface area contributed by atoms with Gasteiger partial charge in [-0.1, -0.05) is 13.0 Å². The number of ketones is 1. The number of nitrogens with zero attached hydrogens (tertiary/aromatic N) is 1. The average Bonchev–Trinajstić information content (AvgIpc) is 2.67. The number of allylic oxidation sites excluding steroid dienone is 1. The van der Waals surface area contributed by atoms with Crippen molar-refractivity contribution in [3.8, 4) is 23.0 Å². The Morgan fingerprint density at radius 1 is 1.29 bits per heavy atom. The fourth-order valence-corrected chi connectivity index (χ4v) is 2.91. The van der Waals surface area contributed by atoms with E-state index >= 15 is 0 Å². The molecule has 8 nitrogen and oxygen atoms in total. The van der Waals surface area contributed by atoms with Crippen molar-refractivity contribution in [2.75, 3.05) is 0 Å². The topological polar surface area (TPSA) is 126 Å². The Morgan fingerprint density at radius 3 is 2.61 bits per heavy atom. The van der Waals surface area contributed by atoms with Gasteiger partial charge in [-0.3, -0.25) is 9.78 Å². The van der Waals surface area contributed by atoms with Crippen molar-refractivity contribution in [3.63, 3.8) is 0 Å². The fourth-order valence-electron chi connectivity index (χ4n) is 2.91. The first-order chi connectivity index (χ1) is 13.3. The molecule has 2 aromatic rings. The number of benzene rings is 1. The van der Waals surface area contributed by atoms with E-state index < -0.39 is 41.2 Å². The third-order valence-electron chi connectivity index (χ3n) is 4.30. The maximum absolute atomic E-state index is 12.7. The number of carbonyl (C=O) groups excluding carboxylic acids is 2. The van der Waals surface area contributed by atoms with Gasteiger partial charge in [0.1, 0.15) is 11.3 Å². The zero-order valence-electron chi connectivity index (χ0n) is 15.2. The number of aromatic hydroxyl groups is 2. The zero-order chi connectivity index (χ0) is 20.4. The minimum absolute atomic E-state index is 0.302. The van der Waals surface area contributed by atoms with E-state index in [-0.39, 0.29) is 11.3 Å². The number of Topliss-reactive ketones (excluding diaryl/α,β-unsaturated/α-hetero) is 1. The number of esters is 1. The molecule has 1 aliphatic heterocycles. The first-order valence-electron chi connectivity index (χ1n) is 8.61. The largest absolute Gasteiger partial charge is 0.507 e. The van der Waals surface area contributed by atoms with E-state index in [0.29, 0.717) is 17.6 Å². The van der Waals surface area contributed by atoms with Crippen molar-refractivity contribution >= 4 is 11.8 Å². The van der Waals surface area contributed by atoms with Crippen LogP contribution >= 0.6 is 0 Å². The smallest absolute Gasteiger partial charge is 0.339 e. The molecule has 2 unspecified atom stereocenters. The molecule has 2 heterocycles. The number of fused-ring (bicyclic) bond motifs is 1. The molecule has 0 saturated heterocycles. The summed E-state index contributed by atoms with van der Waals surface area (Å²) in [5.41, 5.74) is 0.385. The second-order valence-electron chi connectivity index (χ2n) is 6.26. The van der Waals surface area contributed by atoms with E-state index in [0.717, 1.165) is 6.07 Å². The molecule has 0 aliphatic carbocycles. The van der Waals surface area contributed by atoms with Gasteiger partial charge in [-0.25, -0.2) is 4.79 Å². The molecule has 0 fully saturated rings. The Labute approximate surface area is 160 Å². The van der Waals surface area contributed by atoms with Gasteiger partial charge in [0.2, 0.25) is 11.5 Å². The standard InChI is InChI=1S/C20H19NO7/c1-3-4-10(2)20(26)28-18-13(23)9-12(22)14-15(24)16(25)17(27-19(14)18)11-5-7-21-8-6-11/h4-9,16-17,22-23,25H,3H2,1-2H3. The number of carbonyl (C=O) groups is 2. The molecule has 146 valence electrons. The van der Waals surface area contributed by atoms with Crippen molar-refractivity contribution in [2.24, 2.45) is 0 Å². The molecule has 1 aromatic heterocycles. The van der Waals surface area contributed by atoms with Gasteiger partial charge in [0.25, 0.3) is 0 Å². The van der Waals surface area contributed by atoms with Crippen LogP contribution in [0.15, 0.2) is 42.2 Å². The third-order valence-corrected chi connectivity index (χ3v) is 4.30. The first-order valence-corrected chi connectivity index (χ1v) is 8.61. The monoisotopic (exact) mass is 385 g/mol. The lowest BCUT2D eigenvalue weighted by molar-refractivity contribution is -0.130. The molecule has 8 heteroatoms. The molecular weight excluding hydrogens is 366 g/mol. The Hall–Kier alpha value is -3.39. The zero-order valence-corrected chi connectivity index (χ0v) is 15.2. The Bertz CT molecular complexity index is 953. The van der Waals surface area contributed by atoms with Crippen molar-refractivity contribution in [1.82, 2.24) is 4.98 Å². The molecule has 0 bridgehead atoms. The number of rotatable bonds is 4. The van der Waals surface area contributed by atoms with Gasteiger partial charge >= 0.3 is 5.97 Å². The Balaban J connectivity index is 2.09. The maximum atomic E-state index is 12.7. The molecular formula is C20H19NO7. The highest BCUT2D eigenvalue weighted by atomic mass is 16.6. The van der Waals surface area contributed by atoms with E-state index in [2.05, 4.69) is 4.98 Å². The number of pyridine rings is 1. The van der Waals surface area contributed by atoms with Gasteiger partial charge in [0.05, 0.1) is 0 Å². The minimum Gasteiger partial charge on any atom is -0.507 e. The SMILES string of the molecule is CCC=C(C)C(=O)Oc1c(O)cc(O)c2c1OC(c1ccncc1)C(O)C2=O. The third kappa shape index (κ3) is 3.41. The van der Waals surface area contributed by atoms with Crippen LogP contribution in [0.25, 0.3) is 0 Å². The summed E-state index contributed by atoms with van der Waals surface area (Å²) in [6.07, 6.45) is 2.44. The van der Waals surface area contributed by atoms with Crippen LogP contribution in [0, 0.1) is 0 Å². The lowest BCUT2D eigenvalue weighted by Gasteiger charge is -2.31. The number of aromatic nitrogens is 1. The van der Waals surface area contributed by atoms with E-state index in [1.54, 1.807) is 25.1 Å². The highest BCUT2D eigenvalue weighted by Crippen LogP contribution is 2.49. The number of hydrogen-bond acceptors (Lipinski definition) is 8. The lowest BCUT2D eigenvalue weighted by atomic mass is 9.93. The van der Waals surface area contributed by atoms with Crippen LogP contribution in [0.5, 0.6) is 23.0 Å². The van der Waals surface area contributed by atoms with Crippen LogP contribution < -0.4 is 9.47 Å². The predicted octanol–water partition coefficient (Wildman–Crippen LogP) is 2.43. The maximum Gasteiger partial charge on any atom is 0.339 e. The summed E-state index contributed by atoms with van der Waals surface area (Å²) in [4.78, 5) is 28.8. The minimum atomic E-state index is -1.60. The van der Waals surface area contributed by atoms with Crippen LogP contribution in [-0.4, -0.2) is 38.2 Å². The summed E-state index contributed by atoms with van der Waals surface area (Å²) in [7, 11) is 0. The van der Waals surface area contributed by atoms with E-state index in [1.807, 2.05) is 6.92 Å². The summed E-state index contributed by atoms with van der Waals surface area (Å²) in [6, 6.07) is 3.96. The van der Waals surface area contributed by atoms with Gasteiger partial charge in [0, 0.05) is 24.0 Å². The molecule has 28 heavy (non-hydrogen) atoms. The summed E-state index contributed by atoms with van der Waals surface area (Å²) in [6.45, 7) is 3.39. The molecule has 1 aliphatic rings. The lowest BCUT2D eigenvalue weighted by Crippen LogP contribution is -2.36. The van der Waals surface area contributed by atoms with Crippen molar-refractivity contribution in [3.05, 3.63) is 53.4 Å². The van der Waals surface area contributed by atoms with Gasteiger partial charge in [0.15, 0.2) is 23.7 Å². The molecule has 0 amide bonds. The van der Waals surface area contributed by atoms with E-state index in [4.69, 9.17) is 9.47 Å². The second kappa shape index (κ2) is 7.69. The second-order valence-corrected chi connectivity index (χ2v) is 6.26. The molecule has 3 rings (SSSR count). The van der Waals surface area contributed by atoms with Gasteiger partial charge < -0.3 is 24.8 Å². The summed E-state index contributed by atoms with van der Waals surface area (Å²) >= 11 is 0. The molecule has 0 radical (unpaired) electrons. The fraction of sp³-hybridized carbons (Fsp3) is 0.250. The van der Waals surface area contributed by atoms with Crippen molar-refractivity contribution in [2.45, 2.75) is 32.5 Å². The number of hydrogen-bond donors (Lipinski definition) is 3. The van der Waals surface area contributed by atoms with E-state index in [9.17, 15) is 24.9 Å². The van der Waals surface area contributed by atoms with Crippen LogP contribution in [0.3, 0.4) is 0 Å². The predicted molar refractivity (Wildman–Crippen MR) is 97.4 cm³/mol. The van der Waals surface area contributed by atoms with Crippen LogP contribution in [0.4, 0.5) is 0 Å². The number of aliphatic hydroxyl groups excluding tert-OH is 1. The number of ether oxygens (including phenoxy) is 2. The summed E-state index contributed by atoms with van der Waals surface area (Å²) in [5.74, 6) is -3.45. The molecule has 0 saturated carbocycles. The molecule has 1 aromatic carbocycles. The van der Waals surface area contributed by atoms with Crippen LogP contribution in [-0.2, 0) is 4.79 Å². The van der Waals surface area contributed by atoms with E-state index in [1.165, 1.54) is 12.4 Å². The number of phenolic OH excluding ortho intramolecular Hbond substituents is 2. The van der Waals surface area contributed by atoms with Crippen molar-refractivity contribution in [1.29, 1.82) is 0 Å². The quantitative estimate of drug-likeness (QED) is 0.416. The molecule has 0 spiro atoms. The number of aliphatic hydroxyl groups is 1. The first kappa shape index (κ1) is 19.4. The summed E-state index contributed by atoms with van der Waals surface area (Å²) < 4.78 is 11.0. The highest BCUT2D eigenvalue weighted by Gasteiger charge is 2.41. The van der Waals surface area contributed by atoms with Crippen LogP contribution in [0.1, 0.15) is 42.3 Å². The number of phenols is 2. The van der Waals surface area contributed by atoms with Gasteiger partial charge in [-0.15, -0.1) is 0 Å². The Morgan fingerprint density at radius 2 is 1.96 bits per heavy atom. The van der Waals surface area contributed by atoms with Crippen LogP contribution in [0.2, 0.25) is 0 Å². The Kier molecular flexibility index (Phi) is 5.32. The van der Waals surface area contributed by atoms with Crippen molar-refractivity contribution < 1.29 is 34.4 Å². The summed E-state index contributed by atoms with van der Waals surface area (Å²) in [5, 5.41) is 30.7. The normalized spacial score (nSPS) is 19.0. The van der Waals surface area contributed by atoms with Gasteiger partial charge in [-0.2, -0.15) is 0 Å². The average molecular weight is 385 g/mol. The van der Waals surface area contributed by atoms with Gasteiger partial charge in [-0.05, 0) is 31.0 Å². The molecule has 3 N–H and O–H groups in total. The molecule has 2 atom stereocenters. The highest BCUT2D eigenvalue weighted by molar-refractivity contribution is 6.07.